The van der Waals surface area contributed by atoms with Crippen LogP contribution in [0.3, 0.4) is 0 Å². The van der Waals surface area contributed by atoms with E-state index in [0.29, 0.717) is 5.04 Å². The number of hydrogen-bond donors (Lipinski definition) is 1. The van der Waals surface area contributed by atoms with E-state index in [-0.39, 0.29) is 17.3 Å². The number of thioether (sulfide) groups is 1. The van der Waals surface area contributed by atoms with Crippen LogP contribution < -0.4 is 10.1 Å². The zero-order chi connectivity index (χ0) is 22.7. The Hall–Kier alpha value is -2.78. The van der Waals surface area contributed by atoms with E-state index in [1.165, 1.54) is 17.8 Å². The molecule has 2 aromatic rings. The normalized spacial score (nSPS) is 17.8. The smallest absolute Gasteiger partial charge is 0.234 e. The van der Waals surface area contributed by atoms with Crippen molar-refractivity contribution in [3.05, 3.63) is 59.7 Å². The van der Waals surface area contributed by atoms with Crippen LogP contribution in [0.2, 0.25) is 0 Å². The van der Waals surface area contributed by atoms with Crippen molar-refractivity contribution in [2.75, 3.05) is 38.3 Å². The first-order valence-electron chi connectivity index (χ1n) is 10.3. The number of carbonyl (C=O) groups excluding carboxylic acids is 1. The Labute approximate surface area is 189 Å². The molecule has 2 aliphatic heterocycles. The molecule has 9 heteroatoms. The Morgan fingerprint density at radius 3 is 2.50 bits per heavy atom. The van der Waals surface area contributed by atoms with Gasteiger partial charge in [-0.2, -0.15) is 0 Å². The Bertz CT molecular complexity index is 1060. The molecule has 2 aliphatic rings. The molecule has 0 aromatic heterocycles. The quantitative estimate of drug-likeness (QED) is 0.737. The number of nitrogens with one attached hydrogen (secondary N) is 1. The fraction of sp³-hybridized carbons (Fsp3) is 0.348. The molecule has 1 spiro atoms. The maximum Gasteiger partial charge on any atom is 0.234 e. The Kier molecular flexibility index (Phi) is 6.57. The van der Waals surface area contributed by atoms with Crippen LogP contribution in [0.5, 0.6) is 5.75 Å². The average molecular weight is 459 g/mol. The van der Waals surface area contributed by atoms with Crippen molar-refractivity contribution in [2.45, 2.75) is 18.5 Å². The predicted molar refractivity (Wildman–Crippen MR) is 124 cm³/mol. The average Bonchev–Trinajstić information content (AvgIpc) is 3.15. The molecule has 2 heterocycles. The SMILES string of the molecule is COc1ccc(C2=NC3(CCN(C)CC3)N=C2SCC(=O)Nc2ccc(F)c(F)c2)cc1. The van der Waals surface area contributed by atoms with Gasteiger partial charge in [-0.15, -0.1) is 0 Å². The topological polar surface area (TPSA) is 66.3 Å². The number of benzene rings is 2. The Balaban J connectivity index is 1.50. The van der Waals surface area contributed by atoms with Gasteiger partial charge in [0.05, 0.1) is 18.6 Å². The third-order valence-corrected chi connectivity index (χ3v) is 6.49. The summed E-state index contributed by atoms with van der Waals surface area (Å²) < 4.78 is 31.8. The second-order valence-electron chi connectivity index (χ2n) is 7.86. The van der Waals surface area contributed by atoms with Crippen LogP contribution in [-0.2, 0) is 4.79 Å². The summed E-state index contributed by atoms with van der Waals surface area (Å²) in [6, 6.07) is 10.9. The molecule has 168 valence electrons. The van der Waals surface area contributed by atoms with Crippen LogP contribution >= 0.6 is 11.8 Å². The summed E-state index contributed by atoms with van der Waals surface area (Å²) in [7, 11) is 3.70. The van der Waals surface area contributed by atoms with Gasteiger partial charge in [-0.05, 0) is 43.4 Å². The van der Waals surface area contributed by atoms with Crippen molar-refractivity contribution in [1.29, 1.82) is 0 Å². The highest BCUT2D eigenvalue weighted by atomic mass is 32.2. The Morgan fingerprint density at radius 1 is 1.12 bits per heavy atom. The van der Waals surface area contributed by atoms with Crippen molar-refractivity contribution >= 4 is 34.1 Å². The third kappa shape index (κ3) is 4.99. The van der Waals surface area contributed by atoms with Gasteiger partial charge in [0.1, 0.15) is 10.8 Å². The van der Waals surface area contributed by atoms with E-state index >= 15 is 0 Å². The van der Waals surface area contributed by atoms with E-state index < -0.39 is 17.3 Å². The van der Waals surface area contributed by atoms with Gasteiger partial charge < -0.3 is 15.0 Å². The van der Waals surface area contributed by atoms with E-state index in [1.807, 2.05) is 24.3 Å². The van der Waals surface area contributed by atoms with Gasteiger partial charge in [0.2, 0.25) is 5.91 Å². The van der Waals surface area contributed by atoms with Crippen LogP contribution in [-0.4, -0.2) is 60.2 Å². The zero-order valence-electron chi connectivity index (χ0n) is 17.9. The van der Waals surface area contributed by atoms with Gasteiger partial charge in [-0.25, -0.2) is 13.8 Å². The maximum absolute atomic E-state index is 13.4. The lowest BCUT2D eigenvalue weighted by atomic mass is 9.99. The van der Waals surface area contributed by atoms with Crippen LogP contribution in [0.25, 0.3) is 0 Å². The molecule has 0 unspecified atom stereocenters. The van der Waals surface area contributed by atoms with E-state index in [2.05, 4.69) is 17.3 Å². The fourth-order valence-corrected chi connectivity index (χ4v) is 4.54. The fourth-order valence-electron chi connectivity index (χ4n) is 3.67. The number of methoxy groups -OCH3 is 1. The minimum absolute atomic E-state index is 0.0724. The molecule has 1 N–H and O–H groups in total. The number of nitrogens with zero attached hydrogens (tertiary/aromatic N) is 3. The lowest BCUT2D eigenvalue weighted by Gasteiger charge is -2.33. The number of halogens is 2. The predicted octanol–water partition coefficient (Wildman–Crippen LogP) is 3.97. The number of anilines is 1. The number of piperidine rings is 1. The molecule has 4 rings (SSSR count). The van der Waals surface area contributed by atoms with Crippen molar-refractivity contribution in [3.8, 4) is 5.75 Å². The van der Waals surface area contributed by atoms with Crippen molar-refractivity contribution < 1.29 is 18.3 Å². The molecule has 32 heavy (non-hydrogen) atoms. The van der Waals surface area contributed by atoms with Gasteiger partial charge in [0, 0.05) is 43.2 Å². The number of aliphatic imine (C=N–C) groups is 2. The van der Waals surface area contributed by atoms with Crippen LogP contribution in [0.4, 0.5) is 14.5 Å². The maximum atomic E-state index is 13.4. The minimum atomic E-state index is -1.01. The molecule has 0 atom stereocenters. The van der Waals surface area contributed by atoms with Crippen LogP contribution in [0.15, 0.2) is 52.4 Å². The van der Waals surface area contributed by atoms with Crippen molar-refractivity contribution in [1.82, 2.24) is 4.90 Å². The van der Waals surface area contributed by atoms with Gasteiger partial charge in [0.25, 0.3) is 0 Å². The highest BCUT2D eigenvalue weighted by Crippen LogP contribution is 2.35. The molecule has 1 fully saturated rings. The molecule has 6 nitrogen and oxygen atoms in total. The van der Waals surface area contributed by atoms with Crippen molar-refractivity contribution in [3.63, 3.8) is 0 Å². The summed E-state index contributed by atoms with van der Waals surface area (Å²) in [6.45, 7) is 1.80. The monoisotopic (exact) mass is 458 g/mol. The third-order valence-electron chi connectivity index (χ3n) is 5.53. The Morgan fingerprint density at radius 2 is 1.84 bits per heavy atom. The molecule has 1 saturated heterocycles. The first kappa shape index (κ1) is 22.4. The summed E-state index contributed by atoms with van der Waals surface area (Å²) in [5, 5.41) is 3.30. The van der Waals surface area contributed by atoms with Gasteiger partial charge in [-0.1, -0.05) is 11.8 Å². The number of carbonyl (C=O) groups is 1. The number of likely N-dealkylation sites (tertiary alicyclic amines) is 1. The molecule has 0 bridgehead atoms. The molecule has 1 amide bonds. The summed E-state index contributed by atoms with van der Waals surface area (Å²) >= 11 is 1.29. The van der Waals surface area contributed by atoms with Gasteiger partial charge >= 0.3 is 0 Å². The van der Waals surface area contributed by atoms with Gasteiger partial charge in [-0.3, -0.25) is 9.79 Å². The standard InChI is InChI=1S/C23H24F2N4O2S/c1-29-11-9-23(10-12-29)27-21(15-3-6-17(31-2)7-4-15)22(28-23)32-14-20(30)26-16-5-8-18(24)19(25)13-16/h3-8,13H,9-12,14H2,1-2H3,(H,26,30). The number of ether oxygens (including phenoxy) is 1. The summed E-state index contributed by atoms with van der Waals surface area (Å²) in [4.78, 5) is 24.6. The first-order valence-corrected chi connectivity index (χ1v) is 11.3. The van der Waals surface area contributed by atoms with Crippen LogP contribution in [0.1, 0.15) is 18.4 Å². The van der Waals surface area contributed by atoms with Crippen molar-refractivity contribution in [2.24, 2.45) is 9.98 Å². The molecule has 0 aliphatic carbocycles. The van der Waals surface area contributed by atoms with Crippen LogP contribution in [0, 0.1) is 11.6 Å². The highest BCUT2D eigenvalue weighted by Gasteiger charge is 2.39. The molecule has 2 aromatic carbocycles. The number of hydrogen-bond acceptors (Lipinski definition) is 6. The van der Waals surface area contributed by atoms with Gasteiger partial charge in [0.15, 0.2) is 17.3 Å². The first-order chi connectivity index (χ1) is 15.4. The molecular formula is C23H24F2N4O2S. The number of amides is 1. The minimum Gasteiger partial charge on any atom is -0.497 e. The summed E-state index contributed by atoms with van der Waals surface area (Å²) in [5.41, 5.74) is 1.39. The molecule has 0 radical (unpaired) electrons. The number of rotatable bonds is 5. The van der Waals surface area contributed by atoms with E-state index in [4.69, 9.17) is 14.7 Å². The van der Waals surface area contributed by atoms with E-state index in [1.54, 1.807) is 7.11 Å². The van der Waals surface area contributed by atoms with E-state index in [0.717, 1.165) is 55.1 Å². The summed E-state index contributed by atoms with van der Waals surface area (Å²) in [5.74, 6) is -1.47. The van der Waals surface area contributed by atoms with E-state index in [9.17, 15) is 13.6 Å². The largest absolute Gasteiger partial charge is 0.497 e. The lowest BCUT2D eigenvalue weighted by Crippen LogP contribution is -2.39. The molecular weight excluding hydrogens is 434 g/mol. The highest BCUT2D eigenvalue weighted by molar-refractivity contribution is 8.16. The summed E-state index contributed by atoms with van der Waals surface area (Å²) in [6.07, 6.45) is 1.63. The zero-order valence-corrected chi connectivity index (χ0v) is 18.7. The lowest BCUT2D eigenvalue weighted by molar-refractivity contribution is -0.113. The second kappa shape index (κ2) is 9.38. The second-order valence-corrected chi connectivity index (χ2v) is 8.82. The molecule has 0 saturated carbocycles.